The largest absolute Gasteiger partial charge is 0.324 e. The zero-order chi connectivity index (χ0) is 18.7. The fourth-order valence-corrected chi connectivity index (χ4v) is 2.60. The van der Waals surface area contributed by atoms with Gasteiger partial charge in [-0.2, -0.15) is 10.2 Å². The number of rotatable bonds is 5. The normalized spacial score (nSPS) is 11.8. The SMILES string of the molecule is CC(C(=O)Nc1cccc(NC(=O)c2ccn(C)n2)c1)n1cc(Br)cn1. The minimum absolute atomic E-state index is 0.214. The molecule has 9 heteroatoms. The Bertz CT molecular complexity index is 948. The van der Waals surface area contributed by atoms with Crippen LogP contribution in [0.4, 0.5) is 11.4 Å². The van der Waals surface area contributed by atoms with E-state index in [1.165, 1.54) is 0 Å². The Morgan fingerprint density at radius 2 is 1.92 bits per heavy atom. The van der Waals surface area contributed by atoms with E-state index in [1.807, 2.05) is 0 Å². The topological polar surface area (TPSA) is 93.8 Å². The molecular weight excluding hydrogens is 400 g/mol. The maximum atomic E-state index is 12.4. The van der Waals surface area contributed by atoms with Crippen molar-refractivity contribution in [2.75, 3.05) is 10.6 Å². The highest BCUT2D eigenvalue weighted by molar-refractivity contribution is 9.10. The quantitative estimate of drug-likeness (QED) is 0.668. The molecule has 0 radical (unpaired) electrons. The summed E-state index contributed by atoms with van der Waals surface area (Å²) >= 11 is 3.31. The summed E-state index contributed by atoms with van der Waals surface area (Å²) in [5.74, 6) is -0.530. The molecule has 0 aliphatic rings. The van der Waals surface area contributed by atoms with E-state index in [2.05, 4.69) is 36.8 Å². The Balaban J connectivity index is 1.67. The van der Waals surface area contributed by atoms with Gasteiger partial charge in [0.15, 0.2) is 5.69 Å². The molecule has 0 bridgehead atoms. The van der Waals surface area contributed by atoms with Crippen molar-refractivity contribution in [1.82, 2.24) is 19.6 Å². The average Bonchev–Trinajstić information content (AvgIpc) is 3.23. The third-order valence-electron chi connectivity index (χ3n) is 3.68. The summed E-state index contributed by atoms with van der Waals surface area (Å²) in [6.45, 7) is 1.75. The fraction of sp³-hybridized carbons (Fsp3) is 0.176. The lowest BCUT2D eigenvalue weighted by Crippen LogP contribution is -2.24. The van der Waals surface area contributed by atoms with Gasteiger partial charge in [0.1, 0.15) is 6.04 Å². The Labute approximate surface area is 158 Å². The molecule has 0 saturated heterocycles. The Hall–Kier alpha value is -2.94. The first-order valence-electron chi connectivity index (χ1n) is 7.84. The van der Waals surface area contributed by atoms with E-state index in [1.54, 1.807) is 72.3 Å². The van der Waals surface area contributed by atoms with Crippen LogP contribution in [0.25, 0.3) is 0 Å². The number of carbonyl (C=O) groups excluding carboxylic acids is 2. The van der Waals surface area contributed by atoms with Crippen LogP contribution in [0.1, 0.15) is 23.5 Å². The summed E-state index contributed by atoms with van der Waals surface area (Å²) in [7, 11) is 1.74. The van der Waals surface area contributed by atoms with Gasteiger partial charge in [-0.05, 0) is 47.1 Å². The highest BCUT2D eigenvalue weighted by atomic mass is 79.9. The number of halogens is 1. The van der Waals surface area contributed by atoms with Crippen molar-refractivity contribution in [1.29, 1.82) is 0 Å². The first-order chi connectivity index (χ1) is 12.4. The lowest BCUT2D eigenvalue weighted by Gasteiger charge is -2.13. The third-order valence-corrected chi connectivity index (χ3v) is 4.09. The van der Waals surface area contributed by atoms with E-state index in [-0.39, 0.29) is 11.8 Å². The second kappa shape index (κ2) is 7.52. The van der Waals surface area contributed by atoms with Crippen molar-refractivity contribution in [3.63, 3.8) is 0 Å². The van der Waals surface area contributed by atoms with Crippen LogP contribution in [0.2, 0.25) is 0 Å². The molecule has 0 fully saturated rings. The van der Waals surface area contributed by atoms with Gasteiger partial charge < -0.3 is 10.6 Å². The monoisotopic (exact) mass is 416 g/mol. The maximum absolute atomic E-state index is 12.4. The van der Waals surface area contributed by atoms with Crippen LogP contribution in [-0.4, -0.2) is 31.4 Å². The first-order valence-corrected chi connectivity index (χ1v) is 8.63. The van der Waals surface area contributed by atoms with Crippen molar-refractivity contribution in [2.45, 2.75) is 13.0 Å². The summed E-state index contributed by atoms with van der Waals surface area (Å²) in [6.07, 6.45) is 5.05. The molecule has 2 N–H and O–H groups in total. The molecule has 2 amide bonds. The number of amides is 2. The summed E-state index contributed by atoms with van der Waals surface area (Å²) in [5, 5.41) is 13.8. The predicted molar refractivity (Wildman–Crippen MR) is 101 cm³/mol. The molecule has 2 heterocycles. The van der Waals surface area contributed by atoms with Crippen LogP contribution >= 0.6 is 15.9 Å². The summed E-state index contributed by atoms with van der Waals surface area (Å²) in [5.41, 5.74) is 1.46. The number of benzene rings is 1. The number of carbonyl (C=O) groups is 2. The Kier molecular flexibility index (Phi) is 5.17. The molecule has 0 saturated carbocycles. The molecule has 8 nitrogen and oxygen atoms in total. The van der Waals surface area contributed by atoms with Crippen LogP contribution in [-0.2, 0) is 11.8 Å². The number of hydrogen-bond acceptors (Lipinski definition) is 4. The van der Waals surface area contributed by atoms with Gasteiger partial charge in [-0.15, -0.1) is 0 Å². The van der Waals surface area contributed by atoms with E-state index in [0.717, 1.165) is 4.47 Å². The molecule has 0 spiro atoms. The van der Waals surface area contributed by atoms with Gasteiger partial charge in [0.2, 0.25) is 5.91 Å². The van der Waals surface area contributed by atoms with E-state index in [0.29, 0.717) is 17.1 Å². The number of aromatic nitrogens is 4. The maximum Gasteiger partial charge on any atom is 0.276 e. The lowest BCUT2D eigenvalue weighted by molar-refractivity contribution is -0.119. The van der Waals surface area contributed by atoms with Crippen molar-refractivity contribution in [3.8, 4) is 0 Å². The molecule has 134 valence electrons. The Morgan fingerprint density at radius 1 is 1.19 bits per heavy atom. The van der Waals surface area contributed by atoms with Gasteiger partial charge >= 0.3 is 0 Å². The van der Waals surface area contributed by atoms with Gasteiger partial charge in [-0.25, -0.2) is 0 Å². The number of nitrogens with one attached hydrogen (secondary N) is 2. The Morgan fingerprint density at radius 3 is 2.54 bits per heavy atom. The predicted octanol–water partition coefficient (Wildman–Crippen LogP) is 2.83. The van der Waals surface area contributed by atoms with E-state index >= 15 is 0 Å². The highest BCUT2D eigenvalue weighted by Crippen LogP contribution is 2.18. The minimum Gasteiger partial charge on any atom is -0.324 e. The molecule has 26 heavy (non-hydrogen) atoms. The van der Waals surface area contributed by atoms with E-state index in [4.69, 9.17) is 0 Å². The van der Waals surface area contributed by atoms with Gasteiger partial charge in [-0.1, -0.05) is 6.07 Å². The molecule has 3 rings (SSSR count). The lowest BCUT2D eigenvalue weighted by atomic mass is 10.2. The molecule has 1 aromatic carbocycles. The van der Waals surface area contributed by atoms with Crippen LogP contribution in [0.3, 0.4) is 0 Å². The number of nitrogens with zero attached hydrogens (tertiary/aromatic N) is 4. The van der Waals surface area contributed by atoms with Crippen LogP contribution in [0.5, 0.6) is 0 Å². The molecule has 0 aliphatic carbocycles. The molecule has 3 aromatic rings. The molecule has 1 atom stereocenters. The van der Waals surface area contributed by atoms with E-state index < -0.39 is 6.04 Å². The van der Waals surface area contributed by atoms with Crippen molar-refractivity contribution in [2.24, 2.45) is 7.05 Å². The number of aryl methyl sites for hydroxylation is 1. The number of hydrogen-bond donors (Lipinski definition) is 2. The number of anilines is 2. The van der Waals surface area contributed by atoms with Gasteiger partial charge in [-0.3, -0.25) is 19.0 Å². The summed E-state index contributed by atoms with van der Waals surface area (Å²) in [4.78, 5) is 24.6. The van der Waals surface area contributed by atoms with Gasteiger partial charge in [0, 0.05) is 30.8 Å². The zero-order valence-electron chi connectivity index (χ0n) is 14.2. The molecule has 2 aromatic heterocycles. The third kappa shape index (κ3) is 4.17. The second-order valence-corrected chi connectivity index (χ2v) is 6.63. The van der Waals surface area contributed by atoms with Crippen molar-refractivity contribution < 1.29 is 9.59 Å². The van der Waals surface area contributed by atoms with Crippen LogP contribution in [0, 0.1) is 0 Å². The average molecular weight is 417 g/mol. The standard InChI is InChI=1S/C17H17BrN6O2/c1-11(24-10-12(18)9-19-24)16(25)20-13-4-3-5-14(8-13)21-17(26)15-6-7-23(2)22-15/h3-11H,1-2H3,(H,20,25)(H,21,26). The van der Waals surface area contributed by atoms with Crippen molar-refractivity contribution in [3.05, 3.63) is 59.1 Å². The summed E-state index contributed by atoms with van der Waals surface area (Å²) in [6, 6.07) is 8.08. The fourth-order valence-electron chi connectivity index (χ4n) is 2.30. The summed E-state index contributed by atoms with van der Waals surface area (Å²) < 4.78 is 3.92. The van der Waals surface area contributed by atoms with Crippen LogP contribution in [0.15, 0.2) is 53.4 Å². The molecule has 0 aliphatic heterocycles. The minimum atomic E-state index is -0.479. The van der Waals surface area contributed by atoms with Crippen LogP contribution < -0.4 is 10.6 Å². The van der Waals surface area contributed by atoms with Crippen molar-refractivity contribution >= 4 is 39.1 Å². The van der Waals surface area contributed by atoms with E-state index in [9.17, 15) is 9.59 Å². The molecular formula is C17H17BrN6O2. The molecule has 1 unspecified atom stereocenters. The van der Waals surface area contributed by atoms with Gasteiger partial charge in [0.25, 0.3) is 5.91 Å². The highest BCUT2D eigenvalue weighted by Gasteiger charge is 2.16. The zero-order valence-corrected chi connectivity index (χ0v) is 15.8. The van der Waals surface area contributed by atoms with Gasteiger partial charge in [0.05, 0.1) is 10.7 Å². The first kappa shape index (κ1) is 17.9. The second-order valence-electron chi connectivity index (χ2n) is 5.71. The smallest absolute Gasteiger partial charge is 0.276 e.